The number of nitrogens with zero attached hydrogens (tertiary/aromatic N) is 6. The summed E-state index contributed by atoms with van der Waals surface area (Å²) < 4.78 is 45.0. The van der Waals surface area contributed by atoms with Crippen LogP contribution in [0.25, 0.3) is 21.9 Å². The highest BCUT2D eigenvalue weighted by Crippen LogP contribution is 2.37. The minimum atomic E-state index is -4.69. The van der Waals surface area contributed by atoms with E-state index in [1.165, 1.54) is 6.07 Å². The number of amides is 3. The second-order valence-electron chi connectivity index (χ2n) is 17.8. The van der Waals surface area contributed by atoms with Gasteiger partial charge in [-0.3, -0.25) is 33.5 Å². The number of imidazole rings is 1. The fourth-order valence-corrected chi connectivity index (χ4v) is 9.74. The summed E-state index contributed by atoms with van der Waals surface area (Å²) in [7, 11) is 1.75. The van der Waals surface area contributed by atoms with E-state index in [4.69, 9.17) is 5.10 Å². The lowest BCUT2D eigenvalue weighted by atomic mass is 9.84. The van der Waals surface area contributed by atoms with E-state index in [9.17, 15) is 37.5 Å². The summed E-state index contributed by atoms with van der Waals surface area (Å²) in [5.41, 5.74) is 0.859. The fraction of sp³-hybridized carbons (Fsp3) is 0.511. The lowest BCUT2D eigenvalue weighted by Crippen LogP contribution is -2.44. The van der Waals surface area contributed by atoms with Gasteiger partial charge in [0.2, 0.25) is 11.8 Å². The molecule has 1 saturated carbocycles. The van der Waals surface area contributed by atoms with Gasteiger partial charge in [-0.1, -0.05) is 24.6 Å². The van der Waals surface area contributed by atoms with Crippen LogP contribution < -0.4 is 16.3 Å². The third-order valence-electron chi connectivity index (χ3n) is 13.0. The Labute approximate surface area is 351 Å². The van der Waals surface area contributed by atoms with Crippen LogP contribution >= 0.6 is 0 Å². The van der Waals surface area contributed by atoms with E-state index in [1.54, 1.807) is 42.2 Å². The van der Waals surface area contributed by atoms with Crippen molar-refractivity contribution in [1.82, 2.24) is 34.1 Å². The Balaban J connectivity index is 0.824. The van der Waals surface area contributed by atoms with Gasteiger partial charge in [0.1, 0.15) is 17.4 Å². The molecule has 2 aliphatic heterocycles. The number of anilines is 1. The van der Waals surface area contributed by atoms with Crippen molar-refractivity contribution >= 4 is 45.3 Å². The second-order valence-corrected chi connectivity index (χ2v) is 17.8. The maximum Gasteiger partial charge on any atom is 0.433 e. The van der Waals surface area contributed by atoms with Gasteiger partial charge >= 0.3 is 11.9 Å². The molecular weight excluding hydrogens is 790 g/mol. The molecule has 0 bridgehead atoms. The zero-order chi connectivity index (χ0) is 43.2. The van der Waals surface area contributed by atoms with E-state index in [-0.39, 0.29) is 35.4 Å². The molecule has 8 rings (SSSR count). The van der Waals surface area contributed by atoms with Crippen LogP contribution in [0.5, 0.6) is 0 Å². The molecule has 0 radical (unpaired) electrons. The number of alkyl halides is 3. The molecule has 3 fully saturated rings. The first-order valence-corrected chi connectivity index (χ1v) is 21.4. The summed E-state index contributed by atoms with van der Waals surface area (Å²) in [5, 5.41) is 21.7. The summed E-state index contributed by atoms with van der Waals surface area (Å²) in [4.78, 5) is 56.9. The molecule has 61 heavy (non-hydrogen) atoms. The number of halogens is 3. The first kappa shape index (κ1) is 42.3. The molecule has 2 aromatic carbocycles. The predicted molar refractivity (Wildman–Crippen MR) is 224 cm³/mol. The molecule has 5 heterocycles. The number of aliphatic hydroxyl groups is 1. The summed E-state index contributed by atoms with van der Waals surface area (Å²) in [5.74, 6) is -0.286. The van der Waals surface area contributed by atoms with Crippen LogP contribution in [0.15, 0.2) is 59.5 Å². The van der Waals surface area contributed by atoms with Crippen LogP contribution in [0, 0.1) is 11.8 Å². The predicted octanol–water partition coefficient (Wildman–Crippen LogP) is 7.03. The molecule has 3 aromatic heterocycles. The number of aryl methyl sites for hydroxylation is 2. The number of fused-ring (bicyclic) bond motifs is 2. The molecule has 1 unspecified atom stereocenters. The minimum absolute atomic E-state index is 0.205. The maximum atomic E-state index is 13.3. The van der Waals surface area contributed by atoms with Crippen molar-refractivity contribution in [3.05, 3.63) is 87.7 Å². The van der Waals surface area contributed by atoms with Gasteiger partial charge in [0.25, 0.3) is 5.91 Å². The number of imide groups is 1. The smallest absolute Gasteiger partial charge is 0.386 e. The third kappa shape index (κ3) is 9.01. The highest BCUT2D eigenvalue weighted by molar-refractivity contribution is 6.04. The highest BCUT2D eigenvalue weighted by Gasteiger charge is 2.34. The molecule has 5 aromatic rings. The van der Waals surface area contributed by atoms with Crippen molar-refractivity contribution in [2.24, 2.45) is 18.9 Å². The first-order valence-electron chi connectivity index (χ1n) is 21.4. The summed E-state index contributed by atoms with van der Waals surface area (Å²) in [6.45, 7) is 6.41. The molecule has 0 spiro atoms. The van der Waals surface area contributed by atoms with E-state index in [1.807, 2.05) is 23.0 Å². The third-order valence-corrected chi connectivity index (χ3v) is 13.0. The molecule has 3 amide bonds. The number of benzene rings is 2. The van der Waals surface area contributed by atoms with Gasteiger partial charge < -0.3 is 15.3 Å². The maximum absolute atomic E-state index is 13.3. The fourth-order valence-electron chi connectivity index (χ4n) is 9.74. The molecule has 3 N–H and O–H groups in total. The topological polar surface area (TPSA) is 156 Å². The number of rotatable bonds is 11. The lowest BCUT2D eigenvalue weighted by Gasteiger charge is -2.36. The van der Waals surface area contributed by atoms with Gasteiger partial charge in [0.15, 0.2) is 0 Å². The van der Waals surface area contributed by atoms with Crippen LogP contribution in [0.1, 0.15) is 117 Å². The molecule has 16 heteroatoms. The number of likely N-dealkylation sites (tertiary alicyclic amines) is 1. The highest BCUT2D eigenvalue weighted by atomic mass is 19.4. The largest absolute Gasteiger partial charge is 0.433 e. The van der Waals surface area contributed by atoms with Crippen LogP contribution in [-0.4, -0.2) is 71.3 Å². The normalized spacial score (nSPS) is 21.0. The average molecular weight is 843 g/mol. The quantitative estimate of drug-likeness (QED) is 0.120. The average Bonchev–Trinajstić information content (AvgIpc) is 3.75. The van der Waals surface area contributed by atoms with Crippen molar-refractivity contribution < 1.29 is 32.7 Å². The Hall–Kier alpha value is -5.35. The van der Waals surface area contributed by atoms with Gasteiger partial charge in [-0.2, -0.15) is 18.3 Å². The van der Waals surface area contributed by atoms with Crippen LogP contribution in [0.2, 0.25) is 0 Å². The number of aromatic nitrogens is 5. The number of para-hydroxylation sites is 1. The van der Waals surface area contributed by atoms with Gasteiger partial charge in [-0.05, 0) is 132 Å². The van der Waals surface area contributed by atoms with E-state index in [0.29, 0.717) is 29.3 Å². The lowest BCUT2D eigenvalue weighted by molar-refractivity contribution is -0.141. The van der Waals surface area contributed by atoms with Gasteiger partial charge in [0.05, 0.1) is 28.2 Å². The summed E-state index contributed by atoms with van der Waals surface area (Å²) >= 11 is 0. The van der Waals surface area contributed by atoms with Crippen LogP contribution in [0.4, 0.5) is 18.9 Å². The van der Waals surface area contributed by atoms with Gasteiger partial charge in [-0.25, -0.2) is 9.78 Å². The van der Waals surface area contributed by atoms with Gasteiger partial charge in [0, 0.05) is 42.8 Å². The second kappa shape index (κ2) is 16.8. The minimum Gasteiger partial charge on any atom is -0.386 e. The van der Waals surface area contributed by atoms with Crippen LogP contribution in [-0.2, 0) is 34.8 Å². The van der Waals surface area contributed by atoms with Crippen molar-refractivity contribution in [3.63, 3.8) is 0 Å². The Morgan fingerprint density at radius 1 is 0.951 bits per heavy atom. The molecule has 1 atom stereocenters. The molecular formula is C45H53F3N8O5. The van der Waals surface area contributed by atoms with Crippen LogP contribution in [0.3, 0.4) is 0 Å². The van der Waals surface area contributed by atoms with Crippen molar-refractivity contribution in [1.29, 1.82) is 0 Å². The summed E-state index contributed by atoms with van der Waals surface area (Å²) in [6, 6.07) is 12.0. The van der Waals surface area contributed by atoms with Crippen molar-refractivity contribution in [2.75, 3.05) is 25.0 Å². The Morgan fingerprint density at radius 3 is 2.39 bits per heavy atom. The number of carbonyl (C=O) groups is 3. The number of hydrogen-bond donors (Lipinski definition) is 3. The van der Waals surface area contributed by atoms with E-state index in [0.717, 1.165) is 112 Å². The summed E-state index contributed by atoms with van der Waals surface area (Å²) in [6.07, 6.45) is 7.21. The zero-order valence-corrected chi connectivity index (χ0v) is 34.8. The van der Waals surface area contributed by atoms with E-state index >= 15 is 0 Å². The van der Waals surface area contributed by atoms with Crippen molar-refractivity contribution in [2.45, 2.75) is 108 Å². The molecule has 3 aliphatic rings. The Kier molecular flexibility index (Phi) is 11.7. The SMILES string of the molecule is Cn1c(=O)n(C2CCC(=O)NC2=O)c2cccc(CCCC3CCN(C[C@H]4CC[C@H](n5cc6cc(NC(=O)c7cccc(C(F)(F)F)n7)c(C(C)(C)O)cc6n5)CC4)CC3)c21. The van der Waals surface area contributed by atoms with E-state index < -0.39 is 35.3 Å². The molecule has 2 saturated heterocycles. The van der Waals surface area contributed by atoms with E-state index in [2.05, 4.69) is 26.6 Å². The zero-order valence-electron chi connectivity index (χ0n) is 34.8. The number of piperidine rings is 2. The molecule has 324 valence electrons. The number of pyridine rings is 1. The Morgan fingerprint density at radius 2 is 1.69 bits per heavy atom. The molecule has 13 nitrogen and oxygen atoms in total. The number of carbonyl (C=O) groups excluding carboxylic acids is 3. The Bertz CT molecular complexity index is 2520. The van der Waals surface area contributed by atoms with Gasteiger partial charge in [-0.15, -0.1) is 0 Å². The standard InChI is InChI=1S/C45H53F3N8O5/c1-44(2,61)32-24-34-30(23-35(32)50-41(58)33-10-6-12-38(49-33)45(46,47)48)26-55(52-34)31-15-13-28(14-16-31)25-54-21-19-27(20-22-54)7-4-8-29-9-5-11-36-40(29)53(3)43(60)56(36)37-17-18-39(57)51-42(37)59/h5-6,9-12,23-24,26-28,31,37,61H,4,7-8,13-22,25H2,1-3H3,(H,50,58)(H,51,57,59)/t28-,31-,37?. The number of nitrogens with one attached hydrogen (secondary N) is 2. The van der Waals surface area contributed by atoms with Crippen molar-refractivity contribution in [3.8, 4) is 0 Å². The monoisotopic (exact) mass is 842 g/mol. The first-order chi connectivity index (χ1) is 29.0. The number of hydrogen-bond acceptors (Lipinski definition) is 8. The molecule has 1 aliphatic carbocycles.